The maximum absolute atomic E-state index is 12.7. The Balaban J connectivity index is 1.85. The van der Waals surface area contributed by atoms with Crippen LogP contribution in [0, 0.1) is 6.92 Å². The molecule has 0 radical (unpaired) electrons. The summed E-state index contributed by atoms with van der Waals surface area (Å²) in [5, 5.41) is 6.53. The molecular formula is C21H23N3O4S. The van der Waals surface area contributed by atoms with Crippen molar-refractivity contribution in [1.82, 2.24) is 9.88 Å². The molecular weight excluding hydrogens is 390 g/mol. The minimum Gasteiger partial charge on any atom is -0.350 e. The Morgan fingerprint density at radius 3 is 2.34 bits per heavy atom. The van der Waals surface area contributed by atoms with Gasteiger partial charge in [-0.15, -0.1) is 0 Å². The van der Waals surface area contributed by atoms with Crippen molar-refractivity contribution in [2.45, 2.75) is 38.1 Å². The second-order valence-corrected chi connectivity index (χ2v) is 9.40. The molecule has 152 valence electrons. The van der Waals surface area contributed by atoms with Gasteiger partial charge in [-0.2, -0.15) is 0 Å². The first kappa shape index (κ1) is 20.8. The molecule has 0 bridgehead atoms. The lowest BCUT2D eigenvalue weighted by Gasteiger charge is -2.21. The Hall–Kier alpha value is -2.97. The number of carbonyl (C=O) groups excluding carboxylic acids is 1. The molecule has 7 nitrogen and oxygen atoms in total. The highest BCUT2D eigenvalue weighted by atomic mass is 32.2. The molecule has 29 heavy (non-hydrogen) atoms. The minimum absolute atomic E-state index is 0.0171. The number of para-hydroxylation sites is 1. The van der Waals surface area contributed by atoms with Gasteiger partial charge in [0.05, 0.1) is 5.69 Å². The molecule has 0 saturated heterocycles. The first-order valence-electron chi connectivity index (χ1n) is 9.03. The van der Waals surface area contributed by atoms with Crippen molar-refractivity contribution in [3.05, 3.63) is 65.9 Å². The van der Waals surface area contributed by atoms with Gasteiger partial charge in [-0.05, 0) is 39.8 Å². The van der Waals surface area contributed by atoms with Crippen molar-refractivity contribution in [3.63, 3.8) is 0 Å². The maximum Gasteiger partial charge on any atom is 0.294 e. The summed E-state index contributed by atoms with van der Waals surface area (Å²) >= 11 is 0. The molecule has 0 aliphatic carbocycles. The highest BCUT2D eigenvalue weighted by molar-refractivity contribution is 7.89. The number of rotatable bonds is 5. The van der Waals surface area contributed by atoms with Crippen LogP contribution in [-0.4, -0.2) is 25.0 Å². The molecule has 2 N–H and O–H groups in total. The lowest BCUT2D eigenvalue weighted by Crippen LogP contribution is -2.40. The van der Waals surface area contributed by atoms with Crippen LogP contribution in [0.25, 0.3) is 11.3 Å². The molecule has 3 aromatic rings. The largest absolute Gasteiger partial charge is 0.350 e. The van der Waals surface area contributed by atoms with Gasteiger partial charge in [0, 0.05) is 17.2 Å². The quantitative estimate of drug-likeness (QED) is 0.659. The number of nitrogens with zero attached hydrogens (tertiary/aromatic N) is 1. The van der Waals surface area contributed by atoms with E-state index in [2.05, 4.69) is 15.2 Å². The molecule has 0 unspecified atom stereocenters. The van der Waals surface area contributed by atoms with Crippen molar-refractivity contribution in [2.75, 3.05) is 5.32 Å². The monoisotopic (exact) mass is 413 g/mol. The van der Waals surface area contributed by atoms with Crippen LogP contribution >= 0.6 is 0 Å². The van der Waals surface area contributed by atoms with Gasteiger partial charge in [0.15, 0.2) is 0 Å². The van der Waals surface area contributed by atoms with Crippen LogP contribution in [0.3, 0.4) is 0 Å². The fourth-order valence-corrected chi connectivity index (χ4v) is 4.27. The first-order chi connectivity index (χ1) is 13.5. The van der Waals surface area contributed by atoms with Crippen LogP contribution in [0.2, 0.25) is 0 Å². The van der Waals surface area contributed by atoms with Crippen LogP contribution in [0.1, 0.15) is 36.9 Å². The Bertz CT molecular complexity index is 1130. The number of nitrogens with one attached hydrogen (secondary N) is 2. The Labute approximate surface area is 170 Å². The summed E-state index contributed by atoms with van der Waals surface area (Å²) < 4.78 is 33.2. The Morgan fingerprint density at radius 2 is 1.69 bits per heavy atom. The lowest BCUT2D eigenvalue weighted by atomic mass is 10.1. The molecule has 0 saturated carbocycles. The number of carbonyl (C=O) groups is 1. The van der Waals surface area contributed by atoms with Crippen molar-refractivity contribution in [3.8, 4) is 11.3 Å². The number of aryl methyl sites for hydroxylation is 1. The average molecular weight is 413 g/mol. The van der Waals surface area contributed by atoms with Gasteiger partial charge in [0.1, 0.15) is 10.6 Å². The molecule has 1 amide bonds. The number of sulfonamides is 1. The topological polar surface area (TPSA) is 101 Å². The second kappa shape index (κ2) is 7.81. The predicted molar refractivity (Wildman–Crippen MR) is 111 cm³/mol. The van der Waals surface area contributed by atoms with Crippen LogP contribution in [0.15, 0.2) is 64.0 Å². The van der Waals surface area contributed by atoms with E-state index >= 15 is 0 Å². The molecule has 1 heterocycles. The highest BCUT2D eigenvalue weighted by Gasteiger charge is 2.25. The van der Waals surface area contributed by atoms with Crippen LogP contribution in [-0.2, 0) is 10.0 Å². The van der Waals surface area contributed by atoms with E-state index in [0.717, 1.165) is 11.1 Å². The SMILES string of the molecule is Cc1ccc(-c2cc(C(=O)Nc3ccccc3S(=O)(=O)NC(C)(C)C)on2)cc1. The van der Waals surface area contributed by atoms with Crippen LogP contribution in [0.4, 0.5) is 5.69 Å². The molecule has 0 aliphatic rings. The van der Waals surface area contributed by atoms with E-state index in [1.807, 2.05) is 31.2 Å². The second-order valence-electron chi connectivity index (χ2n) is 7.75. The number of hydrogen-bond donors (Lipinski definition) is 2. The molecule has 8 heteroatoms. The lowest BCUT2D eigenvalue weighted by molar-refractivity contribution is 0.0987. The maximum atomic E-state index is 12.7. The zero-order chi connectivity index (χ0) is 21.2. The normalized spacial score (nSPS) is 12.0. The van der Waals surface area contributed by atoms with Crippen LogP contribution in [0.5, 0.6) is 0 Å². The predicted octanol–water partition coefficient (Wildman–Crippen LogP) is 3.98. The van der Waals surface area contributed by atoms with Crippen molar-refractivity contribution < 1.29 is 17.7 Å². The number of aromatic nitrogens is 1. The summed E-state index contributed by atoms with van der Waals surface area (Å²) in [4.78, 5) is 12.6. The molecule has 3 rings (SSSR count). The summed E-state index contributed by atoms with van der Waals surface area (Å²) in [5.74, 6) is -0.606. The zero-order valence-corrected chi connectivity index (χ0v) is 17.5. The third-order valence-corrected chi connectivity index (χ3v) is 5.76. The smallest absolute Gasteiger partial charge is 0.294 e. The highest BCUT2D eigenvalue weighted by Crippen LogP contribution is 2.24. The summed E-state index contributed by atoms with van der Waals surface area (Å²) in [6.07, 6.45) is 0. The number of amides is 1. The number of benzene rings is 2. The van der Waals surface area contributed by atoms with E-state index in [9.17, 15) is 13.2 Å². The van der Waals surface area contributed by atoms with Gasteiger partial charge in [-0.3, -0.25) is 4.79 Å². The van der Waals surface area contributed by atoms with Crippen molar-refractivity contribution in [1.29, 1.82) is 0 Å². The van der Waals surface area contributed by atoms with E-state index < -0.39 is 21.5 Å². The first-order valence-corrected chi connectivity index (χ1v) is 10.5. The summed E-state index contributed by atoms with van der Waals surface area (Å²) in [6.45, 7) is 7.21. The number of anilines is 1. The molecule has 0 fully saturated rings. The third-order valence-electron chi connectivity index (χ3n) is 3.95. The third kappa shape index (κ3) is 5.10. The Morgan fingerprint density at radius 1 is 1.03 bits per heavy atom. The zero-order valence-electron chi connectivity index (χ0n) is 16.7. The van der Waals surface area contributed by atoms with Gasteiger partial charge >= 0.3 is 0 Å². The fourth-order valence-electron chi connectivity index (χ4n) is 2.69. The summed E-state index contributed by atoms with van der Waals surface area (Å²) in [6, 6.07) is 15.4. The molecule has 1 aromatic heterocycles. The number of hydrogen-bond acceptors (Lipinski definition) is 5. The van der Waals surface area contributed by atoms with E-state index in [1.165, 1.54) is 18.2 Å². The van der Waals surface area contributed by atoms with Gasteiger partial charge in [0.25, 0.3) is 5.91 Å². The minimum atomic E-state index is -3.83. The van der Waals surface area contributed by atoms with Gasteiger partial charge in [0.2, 0.25) is 15.8 Å². The molecule has 0 spiro atoms. The fraction of sp³-hybridized carbons (Fsp3) is 0.238. The summed E-state index contributed by atoms with van der Waals surface area (Å²) in [7, 11) is -3.83. The van der Waals surface area contributed by atoms with Gasteiger partial charge in [-0.25, -0.2) is 13.1 Å². The van der Waals surface area contributed by atoms with Crippen molar-refractivity contribution >= 4 is 21.6 Å². The molecule has 2 aromatic carbocycles. The van der Waals surface area contributed by atoms with E-state index in [1.54, 1.807) is 32.9 Å². The standard InChI is InChI=1S/C21H23N3O4S/c1-14-9-11-15(12-10-14)17-13-18(28-23-17)20(25)22-16-7-5-6-8-19(16)29(26,27)24-21(2,3)4/h5-13,24H,1-4H3,(H,22,25). The summed E-state index contributed by atoms with van der Waals surface area (Å²) in [5.41, 5.74) is 1.93. The van der Waals surface area contributed by atoms with Gasteiger partial charge < -0.3 is 9.84 Å². The molecule has 0 aliphatic heterocycles. The van der Waals surface area contributed by atoms with E-state index in [-0.39, 0.29) is 16.3 Å². The molecule has 0 atom stereocenters. The van der Waals surface area contributed by atoms with Gasteiger partial charge in [-0.1, -0.05) is 47.1 Å². The van der Waals surface area contributed by atoms with Crippen molar-refractivity contribution in [2.24, 2.45) is 0 Å². The van der Waals surface area contributed by atoms with E-state index in [4.69, 9.17) is 4.52 Å². The van der Waals surface area contributed by atoms with E-state index in [0.29, 0.717) is 5.69 Å². The average Bonchev–Trinajstić information content (AvgIpc) is 3.11. The van der Waals surface area contributed by atoms with Crippen LogP contribution < -0.4 is 10.0 Å². The Kier molecular flexibility index (Phi) is 5.59.